The molecule has 0 aromatic heterocycles. The fraction of sp³-hybridized carbons (Fsp3) is 0.875. The monoisotopic (exact) mass is 157 g/mol. The Morgan fingerprint density at radius 3 is 2.82 bits per heavy atom. The Bertz CT molecular complexity index is 175. The third kappa shape index (κ3) is 2.12. The van der Waals surface area contributed by atoms with Crippen molar-refractivity contribution in [1.29, 1.82) is 0 Å². The van der Waals surface area contributed by atoms with Gasteiger partial charge in [-0.2, -0.15) is 0 Å². The number of aliphatic imine (C=N–C) groups is 1. The summed E-state index contributed by atoms with van der Waals surface area (Å²) in [6.45, 7) is 1.57. The van der Waals surface area contributed by atoms with Crippen molar-refractivity contribution in [3.63, 3.8) is 0 Å². The van der Waals surface area contributed by atoms with Crippen LogP contribution in [-0.4, -0.2) is 18.3 Å². The largest absolute Gasteiger partial charge is 0.247 e. The Morgan fingerprint density at radius 1 is 1.64 bits per heavy atom. The zero-order valence-corrected chi connectivity index (χ0v) is 6.59. The van der Waals surface area contributed by atoms with Gasteiger partial charge in [-0.15, -0.1) is 0 Å². The van der Waals surface area contributed by atoms with Crippen LogP contribution in [0, 0.1) is 5.92 Å². The first-order valence-corrected chi connectivity index (χ1v) is 3.95. The Labute approximate surface area is 65.5 Å². The number of hydrogen-bond donors (Lipinski definition) is 0. The van der Waals surface area contributed by atoms with Crippen LogP contribution in [0.5, 0.6) is 0 Å². The van der Waals surface area contributed by atoms with E-state index in [1.165, 1.54) is 6.08 Å². The molecule has 1 rings (SSSR count). The van der Waals surface area contributed by atoms with Gasteiger partial charge in [0.25, 0.3) is 0 Å². The molecule has 0 N–H and O–H groups in total. The number of halogens is 1. The number of isocyanates is 1. The Balaban J connectivity index is 2.40. The molecule has 3 heteroatoms. The topological polar surface area (TPSA) is 29.4 Å². The lowest BCUT2D eigenvalue weighted by Gasteiger charge is -2.08. The normalized spacial score (nSPS) is 32.9. The number of nitrogens with zero attached hydrogens (tertiary/aromatic N) is 1. The van der Waals surface area contributed by atoms with E-state index in [9.17, 15) is 9.18 Å². The van der Waals surface area contributed by atoms with Crippen LogP contribution in [0.4, 0.5) is 4.39 Å². The van der Waals surface area contributed by atoms with Crippen molar-refractivity contribution < 1.29 is 9.18 Å². The van der Waals surface area contributed by atoms with E-state index in [-0.39, 0.29) is 12.0 Å². The second-order valence-corrected chi connectivity index (χ2v) is 3.12. The molecule has 2 nitrogen and oxygen atoms in total. The molecule has 0 spiro atoms. The lowest BCUT2D eigenvalue weighted by atomic mass is 10.0. The second kappa shape index (κ2) is 3.63. The van der Waals surface area contributed by atoms with Crippen LogP contribution in [0.1, 0.15) is 26.2 Å². The minimum atomic E-state index is -0.762. The number of alkyl halides is 1. The van der Waals surface area contributed by atoms with Gasteiger partial charge in [-0.05, 0) is 32.1 Å². The molecule has 62 valence electrons. The SMILES string of the molecule is CC(F)C1CCC(N=C=O)C1. The summed E-state index contributed by atoms with van der Waals surface area (Å²) in [5.74, 6) is 0.108. The van der Waals surface area contributed by atoms with E-state index in [1.54, 1.807) is 6.92 Å². The number of hydrogen-bond acceptors (Lipinski definition) is 2. The van der Waals surface area contributed by atoms with Crippen molar-refractivity contribution >= 4 is 6.08 Å². The maximum Gasteiger partial charge on any atom is 0.235 e. The molecule has 0 bridgehead atoms. The summed E-state index contributed by atoms with van der Waals surface area (Å²) in [5.41, 5.74) is 0. The highest BCUT2D eigenvalue weighted by Gasteiger charge is 2.28. The quantitative estimate of drug-likeness (QED) is 0.444. The molecule has 0 amide bonds. The van der Waals surface area contributed by atoms with Gasteiger partial charge in [-0.1, -0.05) is 0 Å². The first-order valence-electron chi connectivity index (χ1n) is 3.95. The minimum Gasteiger partial charge on any atom is -0.247 e. The van der Waals surface area contributed by atoms with Crippen LogP contribution in [0.25, 0.3) is 0 Å². The van der Waals surface area contributed by atoms with Gasteiger partial charge < -0.3 is 0 Å². The maximum absolute atomic E-state index is 12.7. The van der Waals surface area contributed by atoms with Gasteiger partial charge in [-0.25, -0.2) is 14.2 Å². The van der Waals surface area contributed by atoms with E-state index >= 15 is 0 Å². The fourth-order valence-electron chi connectivity index (χ4n) is 1.60. The van der Waals surface area contributed by atoms with Crippen molar-refractivity contribution in [3.8, 4) is 0 Å². The molecule has 11 heavy (non-hydrogen) atoms. The molecular weight excluding hydrogens is 145 g/mol. The van der Waals surface area contributed by atoms with E-state index in [4.69, 9.17) is 0 Å². The maximum atomic E-state index is 12.7. The van der Waals surface area contributed by atoms with Crippen LogP contribution in [-0.2, 0) is 4.79 Å². The molecule has 1 saturated carbocycles. The zero-order chi connectivity index (χ0) is 8.27. The molecule has 1 aliphatic rings. The summed E-state index contributed by atoms with van der Waals surface area (Å²) in [6, 6.07) is 0.0377. The molecule has 0 aromatic rings. The van der Waals surface area contributed by atoms with E-state index in [2.05, 4.69) is 4.99 Å². The Hall–Kier alpha value is -0.690. The fourth-order valence-corrected chi connectivity index (χ4v) is 1.60. The summed E-state index contributed by atoms with van der Waals surface area (Å²) in [5, 5.41) is 0. The average Bonchev–Trinajstić information content (AvgIpc) is 2.37. The molecule has 0 heterocycles. The number of carbonyl (C=O) groups excluding carboxylic acids is 1. The van der Waals surface area contributed by atoms with E-state index < -0.39 is 6.17 Å². The molecule has 3 unspecified atom stereocenters. The summed E-state index contributed by atoms with van der Waals surface area (Å²) in [6.07, 6.45) is 3.17. The standard InChI is InChI=1S/C8H12FNO/c1-6(9)7-2-3-8(4-7)10-5-11/h6-8H,2-4H2,1H3. The van der Waals surface area contributed by atoms with Crippen molar-refractivity contribution in [3.05, 3.63) is 0 Å². The zero-order valence-electron chi connectivity index (χ0n) is 6.59. The van der Waals surface area contributed by atoms with Gasteiger partial charge >= 0.3 is 0 Å². The van der Waals surface area contributed by atoms with Crippen molar-refractivity contribution in [2.24, 2.45) is 10.9 Å². The van der Waals surface area contributed by atoms with Crippen molar-refractivity contribution in [1.82, 2.24) is 0 Å². The molecule has 0 saturated heterocycles. The van der Waals surface area contributed by atoms with Gasteiger partial charge in [0.15, 0.2) is 0 Å². The second-order valence-electron chi connectivity index (χ2n) is 3.12. The summed E-state index contributed by atoms with van der Waals surface area (Å²) < 4.78 is 12.7. The molecule has 0 aliphatic heterocycles. The van der Waals surface area contributed by atoms with Crippen LogP contribution in [0.3, 0.4) is 0 Å². The lowest BCUT2D eigenvalue weighted by molar-refractivity contribution is 0.251. The summed E-state index contributed by atoms with van der Waals surface area (Å²) in [4.78, 5) is 13.4. The van der Waals surface area contributed by atoms with Crippen LogP contribution >= 0.6 is 0 Å². The Morgan fingerprint density at radius 2 is 2.36 bits per heavy atom. The first-order chi connectivity index (χ1) is 5.24. The summed E-state index contributed by atoms with van der Waals surface area (Å²) >= 11 is 0. The lowest BCUT2D eigenvalue weighted by Crippen LogP contribution is -2.08. The first kappa shape index (κ1) is 8.41. The van der Waals surface area contributed by atoms with E-state index in [1.807, 2.05) is 0 Å². The molecule has 3 atom stereocenters. The summed E-state index contributed by atoms with van der Waals surface area (Å²) in [7, 11) is 0. The predicted octanol–water partition coefficient (Wildman–Crippen LogP) is 1.85. The molecule has 1 aliphatic carbocycles. The van der Waals surface area contributed by atoms with Crippen LogP contribution in [0.2, 0.25) is 0 Å². The third-order valence-electron chi connectivity index (χ3n) is 2.33. The highest BCUT2D eigenvalue weighted by molar-refractivity contribution is 5.33. The molecule has 1 fully saturated rings. The highest BCUT2D eigenvalue weighted by Crippen LogP contribution is 2.31. The van der Waals surface area contributed by atoms with Gasteiger partial charge in [0, 0.05) is 0 Å². The predicted molar refractivity (Wildman–Crippen MR) is 39.8 cm³/mol. The Kier molecular flexibility index (Phi) is 2.77. The van der Waals surface area contributed by atoms with E-state index in [0.717, 1.165) is 12.8 Å². The highest BCUT2D eigenvalue weighted by atomic mass is 19.1. The van der Waals surface area contributed by atoms with Gasteiger partial charge in [-0.3, -0.25) is 0 Å². The van der Waals surface area contributed by atoms with Crippen LogP contribution in [0.15, 0.2) is 4.99 Å². The third-order valence-corrected chi connectivity index (χ3v) is 2.33. The van der Waals surface area contributed by atoms with Gasteiger partial charge in [0.05, 0.1) is 6.04 Å². The molecular formula is C8H12FNO. The van der Waals surface area contributed by atoms with Crippen molar-refractivity contribution in [2.45, 2.75) is 38.4 Å². The number of rotatable bonds is 2. The van der Waals surface area contributed by atoms with Crippen LogP contribution < -0.4 is 0 Å². The minimum absolute atomic E-state index is 0.0377. The smallest absolute Gasteiger partial charge is 0.235 e. The molecule has 0 aromatic carbocycles. The molecule has 0 radical (unpaired) electrons. The van der Waals surface area contributed by atoms with Crippen molar-refractivity contribution in [2.75, 3.05) is 0 Å². The average molecular weight is 157 g/mol. The van der Waals surface area contributed by atoms with Gasteiger partial charge in [0.2, 0.25) is 6.08 Å². The van der Waals surface area contributed by atoms with E-state index in [0.29, 0.717) is 6.42 Å². The van der Waals surface area contributed by atoms with Gasteiger partial charge in [0.1, 0.15) is 6.17 Å².